The molecule has 2 aromatic carbocycles. The molecule has 2 atom stereocenters. The lowest BCUT2D eigenvalue weighted by molar-refractivity contribution is 0.0601. The molecule has 8 nitrogen and oxygen atoms in total. The van der Waals surface area contributed by atoms with Crippen molar-refractivity contribution in [2.24, 2.45) is 0 Å². The topological polar surface area (TPSA) is 86.1 Å². The van der Waals surface area contributed by atoms with Crippen molar-refractivity contribution in [2.75, 3.05) is 26.2 Å². The lowest BCUT2D eigenvalue weighted by atomic mass is 10.0. The van der Waals surface area contributed by atoms with Crippen LogP contribution < -0.4 is 19.7 Å². The van der Waals surface area contributed by atoms with E-state index in [9.17, 15) is 4.79 Å². The maximum Gasteiger partial charge on any atom is 0.337 e. The van der Waals surface area contributed by atoms with Crippen molar-refractivity contribution >= 4 is 29.0 Å². The van der Waals surface area contributed by atoms with Gasteiger partial charge in [0.15, 0.2) is 5.11 Å². The zero-order valence-electron chi connectivity index (χ0n) is 20.5. The number of nitrogens with zero attached hydrogens (tertiary/aromatic N) is 2. The summed E-state index contributed by atoms with van der Waals surface area (Å²) >= 11 is 5.82. The van der Waals surface area contributed by atoms with E-state index in [0.717, 1.165) is 16.9 Å². The number of nitrogens with one attached hydrogen (secondary N) is 1. The lowest BCUT2D eigenvalue weighted by Crippen LogP contribution is -2.29. The minimum Gasteiger partial charge on any atom is -0.497 e. The summed E-state index contributed by atoms with van der Waals surface area (Å²) in [4.78, 5) is 18.6. The number of methoxy groups -OCH3 is 3. The molecule has 0 saturated carbocycles. The van der Waals surface area contributed by atoms with Crippen molar-refractivity contribution < 1.29 is 23.4 Å². The van der Waals surface area contributed by atoms with Gasteiger partial charge in [0.25, 0.3) is 0 Å². The van der Waals surface area contributed by atoms with Crippen LogP contribution in [0.25, 0.3) is 11.3 Å². The predicted molar refractivity (Wildman–Crippen MR) is 143 cm³/mol. The number of anilines is 1. The molecular formula is C28H25N3O5S. The van der Waals surface area contributed by atoms with Gasteiger partial charge in [0, 0.05) is 17.8 Å². The van der Waals surface area contributed by atoms with Gasteiger partial charge in [0.05, 0.1) is 44.3 Å². The van der Waals surface area contributed by atoms with Crippen molar-refractivity contribution in [1.82, 2.24) is 10.3 Å². The van der Waals surface area contributed by atoms with Crippen molar-refractivity contribution in [1.29, 1.82) is 0 Å². The van der Waals surface area contributed by atoms with E-state index in [2.05, 4.69) is 10.3 Å². The summed E-state index contributed by atoms with van der Waals surface area (Å²) < 4.78 is 22.4. The molecule has 188 valence electrons. The molecule has 5 rings (SSSR count). The molecule has 0 amide bonds. The number of hydrogen-bond acceptors (Lipinski definition) is 7. The number of thiocarbonyl (C=S) groups is 1. The SMILES string of the molecule is COC(=O)c1cccc(-c2ccc(C3C(c4ccccn4)NC(=S)N3c3cc(OC)ccc3OC)o2)c1. The first kappa shape index (κ1) is 24.3. The summed E-state index contributed by atoms with van der Waals surface area (Å²) in [7, 11) is 4.58. The third-order valence-electron chi connectivity index (χ3n) is 6.23. The van der Waals surface area contributed by atoms with Gasteiger partial charge in [0.2, 0.25) is 0 Å². The first-order valence-corrected chi connectivity index (χ1v) is 12.0. The second-order valence-corrected chi connectivity index (χ2v) is 8.70. The number of aromatic nitrogens is 1. The molecular weight excluding hydrogens is 490 g/mol. The van der Waals surface area contributed by atoms with E-state index in [-0.39, 0.29) is 12.1 Å². The Kier molecular flexibility index (Phi) is 6.78. The second kappa shape index (κ2) is 10.3. The zero-order valence-corrected chi connectivity index (χ0v) is 21.3. The summed E-state index contributed by atoms with van der Waals surface area (Å²) in [6, 6.07) is 21.5. The van der Waals surface area contributed by atoms with Gasteiger partial charge >= 0.3 is 5.97 Å². The molecule has 2 unspecified atom stereocenters. The third-order valence-corrected chi connectivity index (χ3v) is 6.54. The summed E-state index contributed by atoms with van der Waals surface area (Å²) in [6.07, 6.45) is 1.75. The molecule has 0 aliphatic carbocycles. The Balaban J connectivity index is 1.62. The van der Waals surface area contributed by atoms with Crippen LogP contribution in [-0.4, -0.2) is 37.4 Å². The van der Waals surface area contributed by atoms with E-state index in [4.69, 9.17) is 30.8 Å². The Hall–Kier alpha value is -4.37. The minimum atomic E-state index is -0.412. The fraction of sp³-hybridized carbons (Fsp3) is 0.179. The third kappa shape index (κ3) is 4.61. The minimum absolute atomic E-state index is 0.301. The van der Waals surface area contributed by atoms with E-state index >= 15 is 0 Å². The highest BCUT2D eigenvalue weighted by molar-refractivity contribution is 7.80. The monoisotopic (exact) mass is 515 g/mol. The van der Waals surface area contributed by atoms with E-state index in [1.165, 1.54) is 7.11 Å². The van der Waals surface area contributed by atoms with Crippen LogP contribution in [0.1, 0.15) is 33.9 Å². The molecule has 1 aliphatic rings. The van der Waals surface area contributed by atoms with Gasteiger partial charge in [-0.3, -0.25) is 4.98 Å². The fourth-order valence-electron chi connectivity index (χ4n) is 4.47. The van der Waals surface area contributed by atoms with Crippen LogP contribution >= 0.6 is 12.2 Å². The molecule has 9 heteroatoms. The van der Waals surface area contributed by atoms with Crippen LogP contribution in [0.2, 0.25) is 0 Å². The van der Waals surface area contributed by atoms with Crippen molar-refractivity contribution in [2.45, 2.75) is 12.1 Å². The number of benzene rings is 2. The van der Waals surface area contributed by atoms with Crippen molar-refractivity contribution in [3.05, 3.63) is 96.0 Å². The smallest absolute Gasteiger partial charge is 0.337 e. The van der Waals surface area contributed by atoms with Gasteiger partial charge in [0.1, 0.15) is 29.1 Å². The van der Waals surface area contributed by atoms with E-state index < -0.39 is 5.97 Å². The molecule has 4 aromatic rings. The average Bonchev–Trinajstić information content (AvgIpc) is 3.57. The molecule has 1 aliphatic heterocycles. The van der Waals surface area contributed by atoms with Crippen LogP contribution in [0.3, 0.4) is 0 Å². The number of ether oxygens (including phenoxy) is 3. The predicted octanol–water partition coefficient (Wildman–Crippen LogP) is 5.32. The van der Waals surface area contributed by atoms with Crippen LogP contribution in [-0.2, 0) is 4.74 Å². The summed E-state index contributed by atoms with van der Waals surface area (Å²) in [5.74, 6) is 2.15. The lowest BCUT2D eigenvalue weighted by Gasteiger charge is -2.27. The molecule has 1 N–H and O–H groups in total. The standard InChI is InChI=1S/C28H25N3O5S/c1-33-19-10-11-23(34-2)21(16-19)31-26(25(30-28(31)37)20-9-4-5-14-29-20)24-13-12-22(36-24)17-7-6-8-18(15-17)27(32)35-3/h4-16,25-26H,1-3H3,(H,30,37). The highest BCUT2D eigenvalue weighted by Crippen LogP contribution is 2.46. The maximum atomic E-state index is 12.0. The van der Waals surface area contributed by atoms with E-state index in [0.29, 0.717) is 33.7 Å². The number of carbonyl (C=O) groups excluding carboxylic acids is 1. The van der Waals surface area contributed by atoms with Crippen LogP contribution in [0.4, 0.5) is 5.69 Å². The highest BCUT2D eigenvalue weighted by Gasteiger charge is 2.43. The molecule has 2 aromatic heterocycles. The highest BCUT2D eigenvalue weighted by atomic mass is 32.1. The second-order valence-electron chi connectivity index (χ2n) is 8.31. The number of esters is 1. The summed E-state index contributed by atoms with van der Waals surface area (Å²) in [5.41, 5.74) is 2.73. The van der Waals surface area contributed by atoms with Crippen LogP contribution in [0.15, 0.2) is 83.4 Å². The zero-order chi connectivity index (χ0) is 25.9. The van der Waals surface area contributed by atoms with Gasteiger partial charge in [-0.1, -0.05) is 18.2 Å². The normalized spacial score (nSPS) is 16.8. The largest absolute Gasteiger partial charge is 0.497 e. The first-order valence-electron chi connectivity index (χ1n) is 11.5. The quantitative estimate of drug-likeness (QED) is 0.259. The Morgan fingerprint density at radius 2 is 1.86 bits per heavy atom. The van der Waals surface area contributed by atoms with Crippen LogP contribution in [0, 0.1) is 0 Å². The molecule has 37 heavy (non-hydrogen) atoms. The Morgan fingerprint density at radius 1 is 1.00 bits per heavy atom. The Bertz CT molecular complexity index is 1440. The Morgan fingerprint density at radius 3 is 2.59 bits per heavy atom. The number of rotatable bonds is 7. The molecule has 0 bridgehead atoms. The van der Waals surface area contributed by atoms with Gasteiger partial charge in [-0.05, 0) is 60.7 Å². The Labute approximate surface area is 219 Å². The molecule has 0 spiro atoms. The molecule has 0 radical (unpaired) electrons. The van der Waals surface area contributed by atoms with Crippen molar-refractivity contribution in [3.8, 4) is 22.8 Å². The summed E-state index contributed by atoms with van der Waals surface area (Å²) in [6.45, 7) is 0. The number of hydrogen-bond donors (Lipinski definition) is 1. The first-order chi connectivity index (χ1) is 18.0. The van der Waals surface area contributed by atoms with Gasteiger partial charge in [-0.15, -0.1) is 0 Å². The maximum absolute atomic E-state index is 12.0. The van der Waals surface area contributed by atoms with Crippen LogP contribution in [0.5, 0.6) is 11.5 Å². The van der Waals surface area contributed by atoms with Gasteiger partial charge in [-0.25, -0.2) is 4.79 Å². The number of carbonyl (C=O) groups is 1. The average molecular weight is 516 g/mol. The molecule has 1 fully saturated rings. The molecule has 3 heterocycles. The summed E-state index contributed by atoms with van der Waals surface area (Å²) in [5, 5.41) is 3.91. The van der Waals surface area contributed by atoms with Gasteiger partial charge < -0.3 is 28.8 Å². The number of furan rings is 1. The number of pyridine rings is 1. The van der Waals surface area contributed by atoms with E-state index in [1.807, 2.05) is 59.5 Å². The van der Waals surface area contributed by atoms with Crippen molar-refractivity contribution in [3.63, 3.8) is 0 Å². The fourth-order valence-corrected chi connectivity index (χ4v) is 4.81. The van der Waals surface area contributed by atoms with E-state index in [1.54, 1.807) is 38.6 Å². The van der Waals surface area contributed by atoms with Gasteiger partial charge in [-0.2, -0.15) is 0 Å². The molecule has 1 saturated heterocycles.